The molecule has 0 fully saturated rings. The summed E-state index contributed by atoms with van der Waals surface area (Å²) in [5.74, 6) is 0.254. The second-order valence-corrected chi connectivity index (χ2v) is 5.10. The number of aromatic nitrogens is 2. The maximum atomic E-state index is 8.58. The highest BCUT2D eigenvalue weighted by atomic mass is 16.4. The monoisotopic (exact) mass is 267 g/mol. The number of hydrogen-bond acceptors (Lipinski definition) is 4. The highest BCUT2D eigenvalue weighted by Gasteiger charge is 2.13. The second kappa shape index (κ2) is 7.13. The Morgan fingerprint density at radius 1 is 1.58 bits per heavy atom. The Kier molecular flexibility index (Phi) is 5.82. The van der Waals surface area contributed by atoms with E-state index in [1.807, 2.05) is 30.9 Å². The molecular formula is C13H25N5O. The van der Waals surface area contributed by atoms with Crippen LogP contribution in [0.15, 0.2) is 17.4 Å². The van der Waals surface area contributed by atoms with Crippen molar-refractivity contribution in [2.45, 2.75) is 52.2 Å². The van der Waals surface area contributed by atoms with Gasteiger partial charge in [-0.3, -0.25) is 9.58 Å². The number of amidine groups is 1. The Bertz CT molecular complexity index is 415. The zero-order valence-corrected chi connectivity index (χ0v) is 12.2. The fourth-order valence-corrected chi connectivity index (χ4v) is 1.80. The summed E-state index contributed by atoms with van der Waals surface area (Å²) in [6.07, 6.45) is 3.63. The summed E-state index contributed by atoms with van der Waals surface area (Å²) in [6.45, 7) is 7.10. The smallest absolute Gasteiger partial charge is 0.140 e. The highest BCUT2D eigenvalue weighted by molar-refractivity contribution is 5.80. The fourth-order valence-electron chi connectivity index (χ4n) is 1.80. The van der Waals surface area contributed by atoms with Crippen molar-refractivity contribution < 1.29 is 5.21 Å². The Morgan fingerprint density at radius 3 is 2.84 bits per heavy atom. The van der Waals surface area contributed by atoms with E-state index in [1.54, 1.807) is 0 Å². The summed E-state index contributed by atoms with van der Waals surface area (Å²) in [5, 5.41) is 16.1. The summed E-state index contributed by atoms with van der Waals surface area (Å²) in [7, 11) is 2.01. The van der Waals surface area contributed by atoms with Gasteiger partial charge in [0.15, 0.2) is 0 Å². The molecule has 6 heteroatoms. The van der Waals surface area contributed by atoms with Crippen LogP contribution in [-0.2, 0) is 6.54 Å². The first-order valence-corrected chi connectivity index (χ1v) is 6.68. The van der Waals surface area contributed by atoms with Crippen molar-refractivity contribution in [2.75, 3.05) is 7.05 Å². The summed E-state index contributed by atoms with van der Waals surface area (Å²) in [4.78, 5) is 2.14. The van der Waals surface area contributed by atoms with Gasteiger partial charge < -0.3 is 10.9 Å². The third kappa shape index (κ3) is 4.55. The molecule has 2 unspecified atom stereocenters. The van der Waals surface area contributed by atoms with Gasteiger partial charge in [0, 0.05) is 31.2 Å². The van der Waals surface area contributed by atoms with Gasteiger partial charge in [0.1, 0.15) is 5.84 Å². The predicted molar refractivity (Wildman–Crippen MR) is 76.2 cm³/mol. The minimum atomic E-state index is 0.199. The molecule has 19 heavy (non-hydrogen) atoms. The lowest BCUT2D eigenvalue weighted by atomic mass is 10.2. The van der Waals surface area contributed by atoms with E-state index in [0.717, 1.165) is 18.7 Å². The van der Waals surface area contributed by atoms with Gasteiger partial charge in [0.2, 0.25) is 0 Å². The van der Waals surface area contributed by atoms with Crippen molar-refractivity contribution in [3.05, 3.63) is 18.0 Å². The number of rotatable bonds is 7. The Labute approximate surface area is 114 Å². The van der Waals surface area contributed by atoms with Crippen molar-refractivity contribution >= 4 is 5.84 Å². The molecule has 1 heterocycles. The molecule has 1 rings (SSSR count). The van der Waals surface area contributed by atoms with E-state index >= 15 is 0 Å². The number of nitrogens with two attached hydrogens (primary N) is 1. The van der Waals surface area contributed by atoms with Crippen molar-refractivity contribution in [3.8, 4) is 0 Å². The third-order valence-corrected chi connectivity index (χ3v) is 3.50. The molecule has 0 amide bonds. The molecule has 0 aromatic carbocycles. The van der Waals surface area contributed by atoms with Gasteiger partial charge in [-0.25, -0.2) is 0 Å². The number of oxime groups is 1. The predicted octanol–water partition coefficient (Wildman–Crippen LogP) is 1.81. The van der Waals surface area contributed by atoms with Crippen molar-refractivity contribution in [1.82, 2.24) is 14.7 Å². The van der Waals surface area contributed by atoms with E-state index < -0.39 is 0 Å². The highest BCUT2D eigenvalue weighted by Crippen LogP contribution is 2.11. The topological polar surface area (TPSA) is 79.7 Å². The van der Waals surface area contributed by atoms with E-state index in [2.05, 4.69) is 29.0 Å². The van der Waals surface area contributed by atoms with Gasteiger partial charge in [-0.1, -0.05) is 12.1 Å². The number of nitrogens with zero attached hydrogens (tertiary/aromatic N) is 4. The molecule has 108 valence electrons. The van der Waals surface area contributed by atoms with Crippen LogP contribution in [0.1, 0.15) is 45.3 Å². The van der Waals surface area contributed by atoms with Gasteiger partial charge in [0.05, 0.1) is 5.69 Å². The van der Waals surface area contributed by atoms with Gasteiger partial charge in [0.25, 0.3) is 0 Å². The van der Waals surface area contributed by atoms with Crippen LogP contribution in [-0.4, -0.2) is 38.8 Å². The fraction of sp³-hybridized carbons (Fsp3) is 0.692. The maximum absolute atomic E-state index is 8.58. The van der Waals surface area contributed by atoms with Gasteiger partial charge >= 0.3 is 0 Å². The average molecular weight is 267 g/mol. The first-order chi connectivity index (χ1) is 8.97. The molecule has 0 aliphatic rings. The summed E-state index contributed by atoms with van der Waals surface area (Å²) < 4.78 is 2.00. The summed E-state index contributed by atoms with van der Waals surface area (Å²) >= 11 is 0. The molecular weight excluding hydrogens is 242 g/mol. The van der Waals surface area contributed by atoms with Crippen LogP contribution < -0.4 is 5.73 Å². The minimum absolute atomic E-state index is 0.199. The molecule has 0 radical (unpaired) electrons. The van der Waals surface area contributed by atoms with E-state index in [0.29, 0.717) is 12.5 Å². The minimum Gasteiger partial charge on any atom is -0.409 e. The normalized spacial score (nSPS) is 15.7. The maximum Gasteiger partial charge on any atom is 0.140 e. The molecule has 1 aromatic rings. The van der Waals surface area contributed by atoms with E-state index in [-0.39, 0.29) is 11.9 Å². The zero-order valence-electron chi connectivity index (χ0n) is 12.2. The molecule has 0 aliphatic carbocycles. The third-order valence-electron chi connectivity index (χ3n) is 3.50. The standard InChI is InChI=1S/C13H25N5O/c1-5-10(2)18-7-6-12(15-18)9-17(4)11(3)8-13(14)16-19/h6-7,10-11,19H,5,8-9H2,1-4H3,(H2,14,16). The number of hydrogen-bond donors (Lipinski definition) is 2. The van der Waals surface area contributed by atoms with Crippen molar-refractivity contribution in [2.24, 2.45) is 10.9 Å². The van der Waals surface area contributed by atoms with Crippen LogP contribution in [0.3, 0.4) is 0 Å². The molecule has 0 aliphatic heterocycles. The van der Waals surface area contributed by atoms with Gasteiger partial charge in [-0.15, -0.1) is 0 Å². The SMILES string of the molecule is CCC(C)n1ccc(CN(C)C(C)CC(N)=NO)n1. The van der Waals surface area contributed by atoms with Crippen LogP contribution in [0.2, 0.25) is 0 Å². The lowest BCUT2D eigenvalue weighted by Gasteiger charge is -2.23. The van der Waals surface area contributed by atoms with Crippen LogP contribution in [0.25, 0.3) is 0 Å². The largest absolute Gasteiger partial charge is 0.409 e. The zero-order chi connectivity index (χ0) is 14.4. The van der Waals surface area contributed by atoms with Crippen molar-refractivity contribution in [1.29, 1.82) is 0 Å². The Morgan fingerprint density at radius 2 is 2.26 bits per heavy atom. The first-order valence-electron chi connectivity index (χ1n) is 6.68. The van der Waals surface area contributed by atoms with Crippen LogP contribution in [0, 0.1) is 0 Å². The molecule has 0 saturated heterocycles. The average Bonchev–Trinajstić information content (AvgIpc) is 2.85. The molecule has 3 N–H and O–H groups in total. The second-order valence-electron chi connectivity index (χ2n) is 5.10. The van der Waals surface area contributed by atoms with E-state index in [1.165, 1.54) is 0 Å². The molecule has 0 bridgehead atoms. The quantitative estimate of drug-likeness (QED) is 0.342. The van der Waals surface area contributed by atoms with Gasteiger partial charge in [-0.2, -0.15) is 5.10 Å². The Hall–Kier alpha value is -1.56. The lowest BCUT2D eigenvalue weighted by Crippen LogP contribution is -2.33. The molecule has 1 aromatic heterocycles. The summed E-state index contributed by atoms with van der Waals surface area (Å²) in [6, 6.07) is 2.66. The Balaban J connectivity index is 2.56. The lowest BCUT2D eigenvalue weighted by molar-refractivity contribution is 0.247. The van der Waals surface area contributed by atoms with Crippen LogP contribution >= 0.6 is 0 Å². The van der Waals surface area contributed by atoms with Gasteiger partial charge in [-0.05, 0) is 33.4 Å². The first kappa shape index (κ1) is 15.5. The van der Waals surface area contributed by atoms with Crippen LogP contribution in [0.5, 0.6) is 0 Å². The summed E-state index contributed by atoms with van der Waals surface area (Å²) in [5.41, 5.74) is 6.56. The molecule has 0 saturated carbocycles. The van der Waals surface area contributed by atoms with Crippen LogP contribution in [0.4, 0.5) is 0 Å². The molecule has 0 spiro atoms. The van der Waals surface area contributed by atoms with E-state index in [4.69, 9.17) is 10.9 Å². The van der Waals surface area contributed by atoms with Crippen molar-refractivity contribution in [3.63, 3.8) is 0 Å². The molecule has 6 nitrogen and oxygen atoms in total. The molecule has 2 atom stereocenters. The van der Waals surface area contributed by atoms with E-state index in [9.17, 15) is 0 Å².